The summed E-state index contributed by atoms with van der Waals surface area (Å²) in [5.74, 6) is 1.29. The maximum Gasteiger partial charge on any atom is 0.343 e. The van der Waals surface area contributed by atoms with Gasteiger partial charge in [-0.2, -0.15) is 5.10 Å². The molecule has 0 radical (unpaired) electrons. The molecule has 0 unspecified atom stereocenters. The largest absolute Gasteiger partial charge is 0.387 e. The number of β-amino-alcohol motifs (C(OH)–C–C–N with tert-alkyl or cyclic N) is 1. The number of halogens is 2. The lowest BCUT2D eigenvalue weighted by molar-refractivity contribution is 0.0884. The Balaban J connectivity index is 1.34. The van der Waals surface area contributed by atoms with E-state index in [1.807, 2.05) is 0 Å². The quantitative estimate of drug-likeness (QED) is 0.813. The molecule has 2 fully saturated rings. The number of aromatic amines is 1. The van der Waals surface area contributed by atoms with Crippen molar-refractivity contribution in [3.05, 3.63) is 50.1 Å². The predicted molar refractivity (Wildman–Crippen MR) is 101 cm³/mol. The molecular formula is C18H22Cl2N4O2. The Kier molecular flexibility index (Phi) is 5.10. The van der Waals surface area contributed by atoms with Gasteiger partial charge in [-0.05, 0) is 43.4 Å². The molecule has 0 amide bonds. The number of aromatic nitrogens is 3. The van der Waals surface area contributed by atoms with E-state index in [4.69, 9.17) is 23.2 Å². The summed E-state index contributed by atoms with van der Waals surface area (Å²) in [6.07, 6.45) is 3.33. The Morgan fingerprint density at radius 3 is 2.58 bits per heavy atom. The molecule has 8 heteroatoms. The van der Waals surface area contributed by atoms with Gasteiger partial charge in [0.15, 0.2) is 0 Å². The van der Waals surface area contributed by atoms with Gasteiger partial charge in [0.25, 0.3) is 0 Å². The van der Waals surface area contributed by atoms with Crippen molar-refractivity contribution < 1.29 is 5.11 Å². The number of aliphatic hydroxyl groups is 1. The number of aliphatic hydroxyl groups excluding tert-OH is 1. The molecule has 2 N–H and O–H groups in total. The smallest absolute Gasteiger partial charge is 0.343 e. The molecule has 1 aliphatic carbocycles. The summed E-state index contributed by atoms with van der Waals surface area (Å²) in [5.41, 5.74) is 0.667. The van der Waals surface area contributed by atoms with E-state index in [0.29, 0.717) is 22.5 Å². The van der Waals surface area contributed by atoms with Gasteiger partial charge >= 0.3 is 5.69 Å². The summed E-state index contributed by atoms with van der Waals surface area (Å²) < 4.78 is 1.63. The van der Waals surface area contributed by atoms with Crippen LogP contribution in [0.3, 0.4) is 0 Å². The molecule has 1 aliphatic heterocycles. The van der Waals surface area contributed by atoms with Crippen molar-refractivity contribution in [3.63, 3.8) is 0 Å². The minimum Gasteiger partial charge on any atom is -0.387 e. The van der Waals surface area contributed by atoms with Crippen LogP contribution in [0.1, 0.15) is 55.1 Å². The van der Waals surface area contributed by atoms with E-state index in [1.54, 1.807) is 22.9 Å². The molecule has 6 nitrogen and oxygen atoms in total. The zero-order chi connectivity index (χ0) is 18.3. The molecule has 4 rings (SSSR count). The van der Waals surface area contributed by atoms with Gasteiger partial charge in [-0.3, -0.25) is 4.98 Å². The van der Waals surface area contributed by atoms with Crippen molar-refractivity contribution in [2.24, 2.45) is 0 Å². The monoisotopic (exact) mass is 396 g/mol. The van der Waals surface area contributed by atoms with Crippen LogP contribution in [0.4, 0.5) is 0 Å². The summed E-state index contributed by atoms with van der Waals surface area (Å²) in [4.78, 5) is 17.3. The number of rotatable bonds is 5. The van der Waals surface area contributed by atoms with Crippen molar-refractivity contribution in [2.75, 3.05) is 19.6 Å². The zero-order valence-corrected chi connectivity index (χ0v) is 15.9. The van der Waals surface area contributed by atoms with E-state index in [2.05, 4.69) is 15.0 Å². The number of benzene rings is 1. The van der Waals surface area contributed by atoms with E-state index >= 15 is 0 Å². The number of hydrogen-bond donors (Lipinski definition) is 2. The highest BCUT2D eigenvalue weighted by Crippen LogP contribution is 2.37. The molecule has 1 atom stereocenters. The summed E-state index contributed by atoms with van der Waals surface area (Å²) in [5, 5.41) is 15.9. The second-order valence-electron chi connectivity index (χ2n) is 7.26. The Morgan fingerprint density at radius 1 is 1.19 bits per heavy atom. The summed E-state index contributed by atoms with van der Waals surface area (Å²) in [7, 11) is 0. The minimum absolute atomic E-state index is 0.0961. The number of piperidine rings is 1. The summed E-state index contributed by atoms with van der Waals surface area (Å²) in [6.45, 7) is 2.18. The first-order valence-corrected chi connectivity index (χ1v) is 9.81. The Labute approximate surface area is 161 Å². The van der Waals surface area contributed by atoms with Crippen molar-refractivity contribution >= 4 is 23.2 Å². The number of nitrogens with one attached hydrogen (secondary N) is 1. The fourth-order valence-corrected chi connectivity index (χ4v) is 3.86. The van der Waals surface area contributed by atoms with E-state index in [1.165, 1.54) is 0 Å². The molecular weight excluding hydrogens is 375 g/mol. The fraction of sp³-hybridized carbons (Fsp3) is 0.556. The number of H-pyrrole nitrogens is 1. The summed E-state index contributed by atoms with van der Waals surface area (Å²) >= 11 is 12.0. The Hall–Kier alpha value is -1.34. The maximum absolute atomic E-state index is 12.1. The van der Waals surface area contributed by atoms with Crippen LogP contribution in [-0.4, -0.2) is 44.4 Å². The molecule has 2 heterocycles. The predicted octanol–water partition coefficient (Wildman–Crippen LogP) is 3.13. The second-order valence-corrected chi connectivity index (χ2v) is 8.07. The topological polar surface area (TPSA) is 74.2 Å². The molecule has 0 bridgehead atoms. The first-order chi connectivity index (χ1) is 12.5. The highest BCUT2D eigenvalue weighted by atomic mass is 35.5. The van der Waals surface area contributed by atoms with E-state index < -0.39 is 6.10 Å². The molecule has 1 saturated carbocycles. The summed E-state index contributed by atoms with van der Waals surface area (Å²) in [6, 6.07) is 5.35. The van der Waals surface area contributed by atoms with Crippen molar-refractivity contribution in [1.82, 2.24) is 19.7 Å². The minimum atomic E-state index is -0.615. The lowest BCUT2D eigenvalue weighted by Crippen LogP contribution is -2.39. The standard InChI is InChI=1S/C18H22Cl2N4O2/c19-14-4-3-12(9-15(14)20)16(25)10-23-7-5-13(6-8-23)24-18(26)21-17(22-24)11-1-2-11/h3-4,9,11,13,16,25H,1-2,5-8,10H2,(H,21,22,26)/t16-/m0/s1. The lowest BCUT2D eigenvalue weighted by atomic mass is 10.0. The highest BCUT2D eigenvalue weighted by Gasteiger charge is 2.30. The molecule has 1 aromatic heterocycles. The van der Waals surface area contributed by atoms with Crippen LogP contribution in [0.5, 0.6) is 0 Å². The van der Waals surface area contributed by atoms with E-state index in [9.17, 15) is 9.90 Å². The molecule has 2 aliphatic rings. The van der Waals surface area contributed by atoms with Crippen molar-refractivity contribution in [3.8, 4) is 0 Å². The van der Waals surface area contributed by atoms with Crippen molar-refractivity contribution in [2.45, 2.75) is 43.7 Å². The van der Waals surface area contributed by atoms with Crippen molar-refractivity contribution in [1.29, 1.82) is 0 Å². The molecule has 140 valence electrons. The van der Waals surface area contributed by atoms with Crippen LogP contribution in [0, 0.1) is 0 Å². The Bertz CT molecular complexity index is 838. The SMILES string of the molecule is O=c1[nH]c(C2CC2)nn1C1CCN(C[C@H](O)c2ccc(Cl)c(Cl)c2)CC1. The van der Waals surface area contributed by atoms with Crippen LogP contribution in [0.15, 0.2) is 23.0 Å². The molecule has 0 spiro atoms. The van der Waals surface area contributed by atoms with Gasteiger partial charge in [0.2, 0.25) is 0 Å². The number of likely N-dealkylation sites (tertiary alicyclic amines) is 1. The van der Waals surface area contributed by atoms with Gasteiger partial charge in [-0.15, -0.1) is 0 Å². The molecule has 1 aromatic carbocycles. The van der Waals surface area contributed by atoms with Gasteiger partial charge in [-0.25, -0.2) is 9.48 Å². The zero-order valence-electron chi connectivity index (χ0n) is 14.4. The van der Waals surface area contributed by atoms with Gasteiger partial charge in [-0.1, -0.05) is 29.3 Å². The van der Waals surface area contributed by atoms with E-state index in [-0.39, 0.29) is 11.7 Å². The third-order valence-electron chi connectivity index (χ3n) is 5.29. The molecule has 1 saturated heterocycles. The van der Waals surface area contributed by atoms with Crippen LogP contribution in [0.25, 0.3) is 0 Å². The molecule has 2 aromatic rings. The average Bonchev–Trinajstić information content (AvgIpc) is 3.40. The third kappa shape index (κ3) is 3.83. The first kappa shape index (κ1) is 18.0. The maximum atomic E-state index is 12.1. The van der Waals surface area contributed by atoms with E-state index in [0.717, 1.165) is 50.2 Å². The number of nitrogens with zero attached hydrogens (tertiary/aromatic N) is 3. The van der Waals surface area contributed by atoms with Gasteiger partial charge in [0, 0.05) is 25.6 Å². The van der Waals surface area contributed by atoms with Gasteiger partial charge in [0.1, 0.15) is 5.82 Å². The highest BCUT2D eigenvalue weighted by molar-refractivity contribution is 6.42. The Morgan fingerprint density at radius 2 is 1.92 bits per heavy atom. The third-order valence-corrected chi connectivity index (χ3v) is 6.02. The van der Waals surface area contributed by atoms with Gasteiger partial charge < -0.3 is 10.0 Å². The second kappa shape index (κ2) is 7.35. The normalized spacial score (nSPS) is 20.4. The van der Waals surface area contributed by atoms with Crippen LogP contribution in [0.2, 0.25) is 10.0 Å². The van der Waals surface area contributed by atoms with Crippen LogP contribution < -0.4 is 5.69 Å². The van der Waals surface area contributed by atoms with Crippen LogP contribution in [-0.2, 0) is 0 Å². The molecule has 26 heavy (non-hydrogen) atoms. The fourth-order valence-electron chi connectivity index (χ4n) is 3.56. The number of hydrogen-bond acceptors (Lipinski definition) is 4. The average molecular weight is 397 g/mol. The van der Waals surface area contributed by atoms with Crippen LogP contribution >= 0.6 is 23.2 Å². The first-order valence-electron chi connectivity index (χ1n) is 9.05. The van der Waals surface area contributed by atoms with Gasteiger partial charge in [0.05, 0.1) is 22.2 Å². The lowest BCUT2D eigenvalue weighted by Gasteiger charge is -2.32.